The van der Waals surface area contributed by atoms with Gasteiger partial charge in [-0.3, -0.25) is 14.9 Å². The van der Waals surface area contributed by atoms with Crippen LogP contribution in [-0.4, -0.2) is 29.1 Å². The maximum Gasteiger partial charge on any atom is 0.280 e. The van der Waals surface area contributed by atoms with Gasteiger partial charge in [0.1, 0.15) is 11.6 Å². The van der Waals surface area contributed by atoms with Crippen molar-refractivity contribution in [3.8, 4) is 5.75 Å². The minimum atomic E-state index is -0.542. The monoisotopic (exact) mass is 450 g/mol. The molecule has 32 heavy (non-hydrogen) atoms. The second-order valence-corrected chi connectivity index (χ2v) is 7.56. The second kappa shape index (κ2) is 8.90. The van der Waals surface area contributed by atoms with Crippen LogP contribution in [0.5, 0.6) is 5.75 Å². The molecule has 0 aliphatic rings. The van der Waals surface area contributed by atoms with Gasteiger partial charge in [0.2, 0.25) is 5.13 Å². The molecule has 160 valence electrons. The highest BCUT2D eigenvalue weighted by Gasteiger charge is 2.22. The normalized spacial score (nSPS) is 11.1. The molecule has 1 heterocycles. The van der Waals surface area contributed by atoms with Gasteiger partial charge in [0.15, 0.2) is 0 Å². The van der Waals surface area contributed by atoms with E-state index in [0.717, 1.165) is 9.71 Å². The number of methoxy groups -OCH3 is 1. The largest absolute Gasteiger partial charge is 0.497 e. The van der Waals surface area contributed by atoms with Gasteiger partial charge in [-0.05, 0) is 48.0 Å². The predicted molar refractivity (Wildman–Crippen MR) is 120 cm³/mol. The SMILES string of the molecule is COc1ccc2nc(N(/N=C/c3ccc(F)cc3)C(=O)c3ccc([N+](=O)[O-])cc3)sc2c1. The first-order valence-electron chi connectivity index (χ1n) is 9.27. The lowest BCUT2D eigenvalue weighted by atomic mass is 10.2. The number of thiazole rings is 1. The number of anilines is 1. The topological polar surface area (TPSA) is 97.9 Å². The van der Waals surface area contributed by atoms with E-state index in [9.17, 15) is 19.3 Å². The van der Waals surface area contributed by atoms with Crippen molar-refractivity contribution in [1.29, 1.82) is 0 Å². The summed E-state index contributed by atoms with van der Waals surface area (Å²) >= 11 is 1.24. The predicted octanol–water partition coefficient (Wildman–Crippen LogP) is 5.03. The average molecular weight is 450 g/mol. The van der Waals surface area contributed by atoms with Gasteiger partial charge in [-0.25, -0.2) is 9.37 Å². The van der Waals surface area contributed by atoms with Gasteiger partial charge in [0, 0.05) is 17.7 Å². The number of ether oxygens (including phenoxy) is 1. The molecule has 0 radical (unpaired) electrons. The zero-order chi connectivity index (χ0) is 22.7. The third-order valence-electron chi connectivity index (χ3n) is 4.48. The maximum absolute atomic E-state index is 13.2. The first-order chi connectivity index (χ1) is 15.4. The highest BCUT2D eigenvalue weighted by Crippen LogP contribution is 2.32. The van der Waals surface area contributed by atoms with Crippen LogP contribution in [0.3, 0.4) is 0 Å². The molecule has 0 saturated carbocycles. The van der Waals surface area contributed by atoms with Crippen LogP contribution in [0.15, 0.2) is 71.8 Å². The molecule has 4 aromatic rings. The number of aromatic nitrogens is 1. The highest BCUT2D eigenvalue weighted by atomic mass is 32.1. The van der Waals surface area contributed by atoms with Crippen LogP contribution in [0, 0.1) is 15.9 Å². The molecular weight excluding hydrogens is 435 g/mol. The van der Waals surface area contributed by atoms with Gasteiger partial charge >= 0.3 is 0 Å². The summed E-state index contributed by atoms with van der Waals surface area (Å²) in [5, 5.41) is 16.6. The molecular formula is C22H15FN4O4S. The van der Waals surface area contributed by atoms with E-state index in [1.807, 2.05) is 0 Å². The average Bonchev–Trinajstić information content (AvgIpc) is 3.23. The Kier molecular flexibility index (Phi) is 5.86. The van der Waals surface area contributed by atoms with Crippen molar-refractivity contribution < 1.29 is 18.8 Å². The lowest BCUT2D eigenvalue weighted by molar-refractivity contribution is -0.384. The molecule has 0 atom stereocenters. The van der Waals surface area contributed by atoms with Gasteiger partial charge in [-0.15, -0.1) is 0 Å². The molecule has 0 unspecified atom stereocenters. The summed E-state index contributed by atoms with van der Waals surface area (Å²) in [6, 6.07) is 16.2. The minimum Gasteiger partial charge on any atom is -0.497 e. The van der Waals surface area contributed by atoms with Gasteiger partial charge < -0.3 is 4.74 Å². The lowest BCUT2D eigenvalue weighted by Crippen LogP contribution is -2.25. The zero-order valence-corrected chi connectivity index (χ0v) is 17.5. The fourth-order valence-electron chi connectivity index (χ4n) is 2.82. The first-order valence-corrected chi connectivity index (χ1v) is 10.1. The number of rotatable bonds is 6. The number of fused-ring (bicyclic) bond motifs is 1. The van der Waals surface area contributed by atoms with Crippen LogP contribution in [-0.2, 0) is 0 Å². The molecule has 1 amide bonds. The van der Waals surface area contributed by atoms with E-state index >= 15 is 0 Å². The summed E-state index contributed by atoms with van der Waals surface area (Å²) in [5.74, 6) is -0.263. The van der Waals surface area contributed by atoms with Crippen molar-refractivity contribution in [1.82, 2.24) is 4.98 Å². The van der Waals surface area contributed by atoms with Gasteiger partial charge in [-0.1, -0.05) is 23.5 Å². The van der Waals surface area contributed by atoms with E-state index in [-0.39, 0.29) is 17.1 Å². The van der Waals surface area contributed by atoms with E-state index < -0.39 is 10.8 Å². The van der Waals surface area contributed by atoms with E-state index in [2.05, 4.69) is 10.1 Å². The Bertz CT molecular complexity index is 1320. The number of hydrogen-bond acceptors (Lipinski definition) is 7. The van der Waals surface area contributed by atoms with E-state index in [4.69, 9.17) is 4.74 Å². The Morgan fingerprint density at radius 1 is 1.16 bits per heavy atom. The van der Waals surface area contributed by atoms with Crippen LogP contribution < -0.4 is 9.75 Å². The van der Waals surface area contributed by atoms with E-state index in [1.54, 1.807) is 25.3 Å². The standard InChI is InChI=1S/C22H15FN4O4S/c1-31-18-10-11-19-20(12-18)32-22(25-19)26(24-13-14-2-6-16(23)7-3-14)21(28)15-4-8-17(9-5-15)27(29)30/h2-13H,1H3/b24-13+. The Morgan fingerprint density at radius 2 is 1.88 bits per heavy atom. The number of halogens is 1. The van der Waals surface area contributed by atoms with Crippen LogP contribution in [0.25, 0.3) is 10.2 Å². The second-order valence-electron chi connectivity index (χ2n) is 6.55. The fourth-order valence-corrected chi connectivity index (χ4v) is 3.77. The maximum atomic E-state index is 13.2. The lowest BCUT2D eigenvalue weighted by Gasteiger charge is -2.13. The smallest absolute Gasteiger partial charge is 0.280 e. The molecule has 3 aromatic carbocycles. The number of hydrogen-bond donors (Lipinski definition) is 0. The van der Waals surface area contributed by atoms with Crippen molar-refractivity contribution >= 4 is 44.5 Å². The Hall–Kier alpha value is -4.18. The molecule has 0 bridgehead atoms. The van der Waals surface area contributed by atoms with Crippen molar-refractivity contribution in [3.05, 3.63) is 93.8 Å². The van der Waals surface area contributed by atoms with Crippen molar-refractivity contribution in [3.63, 3.8) is 0 Å². The summed E-state index contributed by atoms with van der Waals surface area (Å²) in [6.07, 6.45) is 1.41. The van der Waals surface area contributed by atoms with Crippen LogP contribution in [0.1, 0.15) is 15.9 Å². The van der Waals surface area contributed by atoms with Crippen LogP contribution in [0.4, 0.5) is 15.2 Å². The van der Waals surface area contributed by atoms with Crippen molar-refractivity contribution in [2.24, 2.45) is 5.10 Å². The quantitative estimate of drug-likeness (QED) is 0.233. The molecule has 1 aromatic heterocycles. The Morgan fingerprint density at radius 3 is 2.53 bits per heavy atom. The third kappa shape index (κ3) is 4.44. The number of nitro groups is 1. The minimum absolute atomic E-state index is 0.130. The molecule has 0 spiro atoms. The number of carbonyl (C=O) groups is 1. The molecule has 0 aliphatic carbocycles. The summed E-state index contributed by atoms with van der Waals surface area (Å²) in [5.41, 5.74) is 1.30. The summed E-state index contributed by atoms with van der Waals surface area (Å²) < 4.78 is 19.2. The number of amides is 1. The molecule has 0 aliphatic heterocycles. The Labute approximate surface area is 185 Å². The van der Waals surface area contributed by atoms with Crippen molar-refractivity contribution in [2.75, 3.05) is 12.1 Å². The number of nitrogens with zero attached hydrogens (tertiary/aromatic N) is 4. The van der Waals surface area contributed by atoms with Gasteiger partial charge in [-0.2, -0.15) is 10.1 Å². The molecule has 4 rings (SSSR count). The number of non-ortho nitro benzene ring substituents is 1. The highest BCUT2D eigenvalue weighted by molar-refractivity contribution is 7.22. The summed E-state index contributed by atoms with van der Waals surface area (Å²) in [4.78, 5) is 28.1. The zero-order valence-electron chi connectivity index (χ0n) is 16.6. The third-order valence-corrected chi connectivity index (χ3v) is 5.47. The van der Waals surface area contributed by atoms with Crippen molar-refractivity contribution in [2.45, 2.75) is 0 Å². The fraction of sp³-hybridized carbons (Fsp3) is 0.0455. The number of carbonyl (C=O) groups excluding carboxylic acids is 1. The summed E-state index contributed by atoms with van der Waals surface area (Å²) in [7, 11) is 1.56. The summed E-state index contributed by atoms with van der Waals surface area (Å²) in [6.45, 7) is 0. The molecule has 0 fully saturated rings. The number of benzene rings is 3. The Balaban J connectivity index is 1.74. The van der Waals surface area contributed by atoms with E-state index in [0.29, 0.717) is 22.0 Å². The molecule has 0 N–H and O–H groups in total. The number of hydrazone groups is 1. The van der Waals surface area contributed by atoms with Gasteiger partial charge in [0.05, 0.1) is 28.5 Å². The van der Waals surface area contributed by atoms with Crippen LogP contribution in [0.2, 0.25) is 0 Å². The first kappa shape index (κ1) is 21.1. The van der Waals surface area contributed by atoms with E-state index in [1.165, 1.54) is 66.1 Å². The molecule has 8 nitrogen and oxygen atoms in total. The van der Waals surface area contributed by atoms with Crippen LogP contribution >= 0.6 is 11.3 Å². The molecule has 0 saturated heterocycles. The molecule has 10 heteroatoms. The number of nitro benzene ring substituents is 1. The van der Waals surface area contributed by atoms with Gasteiger partial charge in [0.25, 0.3) is 11.6 Å².